The summed E-state index contributed by atoms with van der Waals surface area (Å²) >= 11 is 0. The van der Waals surface area contributed by atoms with E-state index in [9.17, 15) is 4.79 Å². The third-order valence-electron chi connectivity index (χ3n) is 3.21. The van der Waals surface area contributed by atoms with Gasteiger partial charge in [-0.2, -0.15) is 5.26 Å². The molecule has 1 aliphatic rings. The first-order valence-corrected chi connectivity index (χ1v) is 6.03. The standard InChI is InChI=1S/C13H16N4O/c1-9-5-6-10(8-14)12(16-9)17-7-3-4-11(17)13(18)15-2/h5-6,11H,3-4,7H2,1-2H3,(H,15,18). The predicted molar refractivity (Wildman–Crippen MR) is 68.1 cm³/mol. The van der Waals surface area contributed by atoms with E-state index < -0.39 is 0 Å². The second-order valence-corrected chi connectivity index (χ2v) is 4.40. The molecule has 1 unspecified atom stereocenters. The normalized spacial score (nSPS) is 18.5. The highest BCUT2D eigenvalue weighted by Gasteiger charge is 2.32. The van der Waals surface area contributed by atoms with Gasteiger partial charge in [0.2, 0.25) is 5.91 Å². The van der Waals surface area contributed by atoms with Crippen LogP contribution in [0.5, 0.6) is 0 Å². The molecule has 1 amide bonds. The smallest absolute Gasteiger partial charge is 0.242 e. The highest BCUT2D eigenvalue weighted by Crippen LogP contribution is 2.27. The van der Waals surface area contributed by atoms with Crippen molar-refractivity contribution in [3.63, 3.8) is 0 Å². The molecule has 1 atom stereocenters. The van der Waals surface area contributed by atoms with E-state index in [0.717, 1.165) is 25.1 Å². The summed E-state index contributed by atoms with van der Waals surface area (Å²) in [7, 11) is 1.63. The van der Waals surface area contributed by atoms with Crippen LogP contribution in [0.2, 0.25) is 0 Å². The maximum Gasteiger partial charge on any atom is 0.242 e. The van der Waals surface area contributed by atoms with Crippen molar-refractivity contribution in [2.24, 2.45) is 0 Å². The number of nitrogens with one attached hydrogen (secondary N) is 1. The molecule has 0 bridgehead atoms. The van der Waals surface area contributed by atoms with E-state index in [-0.39, 0.29) is 11.9 Å². The Kier molecular flexibility index (Phi) is 3.47. The molecule has 0 spiro atoms. The zero-order valence-electron chi connectivity index (χ0n) is 10.6. The molecule has 1 N–H and O–H groups in total. The molecule has 0 saturated carbocycles. The van der Waals surface area contributed by atoms with E-state index in [0.29, 0.717) is 11.4 Å². The van der Waals surface area contributed by atoms with Gasteiger partial charge in [-0.15, -0.1) is 0 Å². The third kappa shape index (κ3) is 2.14. The number of pyridine rings is 1. The van der Waals surface area contributed by atoms with Crippen molar-refractivity contribution in [2.75, 3.05) is 18.5 Å². The first-order valence-electron chi connectivity index (χ1n) is 6.03. The fourth-order valence-corrected chi connectivity index (χ4v) is 2.31. The topological polar surface area (TPSA) is 69.0 Å². The molecule has 5 heteroatoms. The number of amides is 1. The highest BCUT2D eigenvalue weighted by molar-refractivity contribution is 5.85. The average Bonchev–Trinajstić information content (AvgIpc) is 2.86. The van der Waals surface area contributed by atoms with Crippen molar-refractivity contribution >= 4 is 11.7 Å². The quantitative estimate of drug-likeness (QED) is 0.842. The largest absolute Gasteiger partial charge is 0.357 e. The van der Waals surface area contributed by atoms with Crippen LogP contribution in [0.1, 0.15) is 24.1 Å². The van der Waals surface area contributed by atoms with Gasteiger partial charge >= 0.3 is 0 Å². The Labute approximate surface area is 106 Å². The monoisotopic (exact) mass is 244 g/mol. The maximum atomic E-state index is 11.8. The Morgan fingerprint density at radius 3 is 3.06 bits per heavy atom. The van der Waals surface area contributed by atoms with Crippen LogP contribution < -0.4 is 10.2 Å². The van der Waals surface area contributed by atoms with Gasteiger partial charge in [-0.3, -0.25) is 4.79 Å². The van der Waals surface area contributed by atoms with Crippen molar-refractivity contribution in [1.82, 2.24) is 10.3 Å². The van der Waals surface area contributed by atoms with E-state index >= 15 is 0 Å². The molecular formula is C13H16N4O. The Bertz CT molecular complexity index is 506. The number of nitriles is 1. The molecule has 2 rings (SSSR count). The Balaban J connectivity index is 2.39. The summed E-state index contributed by atoms with van der Waals surface area (Å²) in [4.78, 5) is 18.2. The average molecular weight is 244 g/mol. The summed E-state index contributed by atoms with van der Waals surface area (Å²) in [6.45, 7) is 2.65. The van der Waals surface area contributed by atoms with Crippen LogP contribution >= 0.6 is 0 Å². The molecule has 5 nitrogen and oxygen atoms in total. The van der Waals surface area contributed by atoms with Gasteiger partial charge in [0.1, 0.15) is 17.9 Å². The Hall–Kier alpha value is -2.09. The minimum atomic E-state index is -0.212. The number of carbonyl (C=O) groups excluding carboxylic acids is 1. The number of aromatic nitrogens is 1. The van der Waals surface area contributed by atoms with Crippen molar-refractivity contribution < 1.29 is 4.79 Å². The summed E-state index contributed by atoms with van der Waals surface area (Å²) < 4.78 is 0. The van der Waals surface area contributed by atoms with Crippen LogP contribution in [0.4, 0.5) is 5.82 Å². The summed E-state index contributed by atoms with van der Waals surface area (Å²) in [5.41, 5.74) is 1.38. The zero-order chi connectivity index (χ0) is 13.1. The van der Waals surface area contributed by atoms with Gasteiger partial charge in [-0.1, -0.05) is 0 Å². The minimum Gasteiger partial charge on any atom is -0.357 e. The van der Waals surface area contributed by atoms with Gasteiger partial charge in [0.15, 0.2) is 0 Å². The van der Waals surface area contributed by atoms with E-state index in [1.807, 2.05) is 17.9 Å². The Morgan fingerprint density at radius 2 is 2.39 bits per heavy atom. The van der Waals surface area contributed by atoms with Crippen LogP contribution in [0.25, 0.3) is 0 Å². The molecule has 0 radical (unpaired) electrons. The minimum absolute atomic E-state index is 0.0142. The van der Waals surface area contributed by atoms with Crippen LogP contribution in [0.3, 0.4) is 0 Å². The molecule has 0 aliphatic carbocycles. The predicted octanol–water partition coefficient (Wildman–Crippen LogP) is 0.976. The zero-order valence-corrected chi connectivity index (χ0v) is 10.6. The third-order valence-corrected chi connectivity index (χ3v) is 3.21. The lowest BCUT2D eigenvalue weighted by molar-refractivity contribution is -0.121. The van der Waals surface area contributed by atoms with Gasteiger partial charge in [0.05, 0.1) is 5.56 Å². The first-order chi connectivity index (χ1) is 8.67. The van der Waals surface area contributed by atoms with Crippen molar-refractivity contribution in [1.29, 1.82) is 5.26 Å². The van der Waals surface area contributed by atoms with Crippen molar-refractivity contribution in [2.45, 2.75) is 25.8 Å². The molecule has 1 aromatic rings. The number of nitrogens with zero attached hydrogens (tertiary/aromatic N) is 3. The van der Waals surface area contributed by atoms with E-state index in [2.05, 4.69) is 16.4 Å². The number of likely N-dealkylation sites (N-methyl/N-ethyl adjacent to an activating group) is 1. The van der Waals surface area contributed by atoms with Gasteiger partial charge < -0.3 is 10.2 Å². The first kappa shape index (κ1) is 12.4. The molecule has 1 fully saturated rings. The lowest BCUT2D eigenvalue weighted by atomic mass is 10.2. The van der Waals surface area contributed by atoms with E-state index in [4.69, 9.17) is 5.26 Å². The summed E-state index contributed by atoms with van der Waals surface area (Å²) in [6.07, 6.45) is 1.75. The lowest BCUT2D eigenvalue weighted by Crippen LogP contribution is -2.42. The Morgan fingerprint density at radius 1 is 1.61 bits per heavy atom. The molecule has 2 heterocycles. The molecule has 1 aliphatic heterocycles. The number of aryl methyl sites for hydroxylation is 1. The second kappa shape index (κ2) is 5.05. The second-order valence-electron chi connectivity index (χ2n) is 4.40. The number of hydrogen-bond acceptors (Lipinski definition) is 4. The fourth-order valence-electron chi connectivity index (χ4n) is 2.31. The number of hydrogen-bond donors (Lipinski definition) is 1. The fraction of sp³-hybridized carbons (Fsp3) is 0.462. The number of rotatable bonds is 2. The van der Waals surface area contributed by atoms with Gasteiger partial charge in [-0.05, 0) is 31.9 Å². The van der Waals surface area contributed by atoms with Crippen LogP contribution in [-0.2, 0) is 4.79 Å². The molecule has 18 heavy (non-hydrogen) atoms. The molecular weight excluding hydrogens is 228 g/mol. The number of anilines is 1. The van der Waals surface area contributed by atoms with Crippen molar-refractivity contribution in [3.05, 3.63) is 23.4 Å². The van der Waals surface area contributed by atoms with Crippen LogP contribution in [0, 0.1) is 18.3 Å². The molecule has 1 aromatic heterocycles. The van der Waals surface area contributed by atoms with Crippen LogP contribution in [-0.4, -0.2) is 30.5 Å². The summed E-state index contributed by atoms with van der Waals surface area (Å²) in [5.74, 6) is 0.614. The summed E-state index contributed by atoms with van der Waals surface area (Å²) in [5, 5.41) is 11.8. The molecule has 94 valence electrons. The maximum absolute atomic E-state index is 11.8. The SMILES string of the molecule is CNC(=O)C1CCCN1c1nc(C)ccc1C#N. The summed E-state index contributed by atoms with van der Waals surface area (Å²) in [6, 6.07) is 5.50. The van der Waals surface area contributed by atoms with E-state index in [1.54, 1.807) is 13.1 Å². The van der Waals surface area contributed by atoms with Gasteiger partial charge in [0, 0.05) is 19.3 Å². The lowest BCUT2D eigenvalue weighted by Gasteiger charge is -2.25. The van der Waals surface area contributed by atoms with E-state index in [1.165, 1.54) is 0 Å². The number of carbonyl (C=O) groups is 1. The van der Waals surface area contributed by atoms with Crippen molar-refractivity contribution in [3.8, 4) is 6.07 Å². The highest BCUT2D eigenvalue weighted by atomic mass is 16.2. The van der Waals surface area contributed by atoms with Gasteiger partial charge in [-0.25, -0.2) is 4.98 Å². The molecule has 1 saturated heterocycles. The van der Waals surface area contributed by atoms with Gasteiger partial charge in [0.25, 0.3) is 0 Å². The van der Waals surface area contributed by atoms with Crippen LogP contribution in [0.15, 0.2) is 12.1 Å². The molecule has 0 aromatic carbocycles.